The fourth-order valence-electron chi connectivity index (χ4n) is 3.71. The molecular formula is C27H20Cl2N2O5S2. The Hall–Kier alpha value is -3.37. The van der Waals surface area contributed by atoms with Crippen molar-refractivity contribution in [3.05, 3.63) is 86.7 Å². The molecule has 7 nitrogen and oxygen atoms in total. The van der Waals surface area contributed by atoms with Crippen LogP contribution in [0.4, 0.5) is 5.69 Å². The summed E-state index contributed by atoms with van der Waals surface area (Å²) in [7, 11) is 1.38. The van der Waals surface area contributed by atoms with Crippen LogP contribution < -0.4 is 10.1 Å². The molecule has 4 rings (SSSR count). The first-order valence-electron chi connectivity index (χ1n) is 11.2. The number of nitrogens with one attached hydrogen (secondary N) is 1. The van der Waals surface area contributed by atoms with Crippen molar-refractivity contribution >= 4 is 81.0 Å². The summed E-state index contributed by atoms with van der Waals surface area (Å²) in [5.41, 5.74) is 2.78. The molecule has 0 spiro atoms. The number of thiocarbonyl (C=S) groups is 1. The second-order valence-corrected chi connectivity index (χ2v) is 10.6. The van der Waals surface area contributed by atoms with Crippen molar-refractivity contribution in [3.63, 3.8) is 0 Å². The van der Waals surface area contributed by atoms with Crippen LogP contribution in [-0.4, -0.2) is 45.8 Å². The minimum absolute atomic E-state index is 0.0215. The second kappa shape index (κ2) is 12.0. The lowest BCUT2D eigenvalue weighted by Crippen LogP contribution is -2.31. The molecular weight excluding hydrogens is 567 g/mol. The van der Waals surface area contributed by atoms with Gasteiger partial charge in [0.05, 0.1) is 23.3 Å². The van der Waals surface area contributed by atoms with Gasteiger partial charge in [0, 0.05) is 28.6 Å². The van der Waals surface area contributed by atoms with Gasteiger partial charge in [-0.1, -0.05) is 65.4 Å². The highest BCUT2D eigenvalue weighted by atomic mass is 35.5. The molecule has 194 valence electrons. The first-order chi connectivity index (χ1) is 18.2. The fourth-order valence-corrected chi connectivity index (χ4v) is 5.42. The minimum Gasteiger partial charge on any atom is -0.495 e. The number of carboxylic acid groups (broad SMARTS) is 1. The molecule has 11 heteroatoms. The molecule has 0 radical (unpaired) electrons. The van der Waals surface area contributed by atoms with Gasteiger partial charge in [-0.25, -0.2) is 4.79 Å². The lowest BCUT2D eigenvalue weighted by Gasteiger charge is -2.15. The van der Waals surface area contributed by atoms with E-state index in [0.29, 0.717) is 25.0 Å². The normalized spacial score (nSPS) is 14.2. The van der Waals surface area contributed by atoms with E-state index in [2.05, 4.69) is 5.32 Å². The predicted octanol–water partition coefficient (Wildman–Crippen LogP) is 6.60. The maximum atomic E-state index is 13.1. The number of carbonyl (C=O) groups excluding carboxylic acids is 2. The number of aromatic carboxylic acids is 1. The Labute approximate surface area is 238 Å². The summed E-state index contributed by atoms with van der Waals surface area (Å²) in [5.74, 6) is -1.56. The summed E-state index contributed by atoms with van der Waals surface area (Å²) in [6.45, 7) is 0.0848. The largest absolute Gasteiger partial charge is 0.495 e. The third kappa shape index (κ3) is 6.36. The van der Waals surface area contributed by atoms with Crippen LogP contribution in [-0.2, 0) is 9.59 Å². The standard InChI is InChI=1S/C27H20Cl2N2O5S2/c1-36-22-13-17(26(34)35)5-8-21(22)30-24(32)9-10-31-25(33)23(38-27(31)37)12-15-3-2-4-16(11-15)19-14-18(28)6-7-20(19)29/h2-8,11-14H,9-10H2,1H3,(H,30,32)(H,34,35)/b23-12-. The molecule has 1 heterocycles. The number of hydrogen-bond donors (Lipinski definition) is 2. The Bertz CT molecular complexity index is 1490. The molecule has 3 aromatic carbocycles. The van der Waals surface area contributed by atoms with E-state index in [-0.39, 0.29) is 36.1 Å². The van der Waals surface area contributed by atoms with E-state index in [1.54, 1.807) is 24.3 Å². The van der Waals surface area contributed by atoms with Crippen LogP contribution in [0.25, 0.3) is 17.2 Å². The first kappa shape index (κ1) is 27.7. The van der Waals surface area contributed by atoms with Crippen LogP contribution in [0.1, 0.15) is 22.3 Å². The zero-order valence-corrected chi connectivity index (χ0v) is 23.0. The maximum absolute atomic E-state index is 13.1. The van der Waals surface area contributed by atoms with Gasteiger partial charge in [0.1, 0.15) is 10.1 Å². The Balaban J connectivity index is 1.43. The minimum atomic E-state index is -1.11. The van der Waals surface area contributed by atoms with Crippen molar-refractivity contribution in [2.24, 2.45) is 0 Å². The van der Waals surface area contributed by atoms with Crippen molar-refractivity contribution in [1.82, 2.24) is 4.90 Å². The van der Waals surface area contributed by atoms with Gasteiger partial charge >= 0.3 is 5.97 Å². The van der Waals surface area contributed by atoms with E-state index in [4.69, 9.17) is 45.3 Å². The van der Waals surface area contributed by atoms with Crippen molar-refractivity contribution in [3.8, 4) is 16.9 Å². The van der Waals surface area contributed by atoms with Gasteiger partial charge in [-0.3, -0.25) is 14.5 Å². The number of carboxylic acids is 1. The lowest BCUT2D eigenvalue weighted by atomic mass is 10.0. The van der Waals surface area contributed by atoms with Gasteiger partial charge in [-0.2, -0.15) is 0 Å². The number of ether oxygens (including phenoxy) is 1. The van der Waals surface area contributed by atoms with Gasteiger partial charge in [0.15, 0.2) is 0 Å². The third-order valence-electron chi connectivity index (χ3n) is 5.58. The van der Waals surface area contributed by atoms with Crippen molar-refractivity contribution in [2.75, 3.05) is 19.0 Å². The monoisotopic (exact) mass is 586 g/mol. The molecule has 1 aliphatic rings. The maximum Gasteiger partial charge on any atom is 0.335 e. The number of anilines is 1. The highest BCUT2D eigenvalue weighted by Crippen LogP contribution is 2.35. The van der Waals surface area contributed by atoms with E-state index < -0.39 is 5.97 Å². The quantitative estimate of drug-likeness (QED) is 0.227. The smallest absolute Gasteiger partial charge is 0.335 e. The Morgan fingerprint density at radius 1 is 1.13 bits per heavy atom. The lowest BCUT2D eigenvalue weighted by molar-refractivity contribution is -0.122. The number of thioether (sulfide) groups is 1. The van der Waals surface area contributed by atoms with Crippen molar-refractivity contribution in [2.45, 2.75) is 6.42 Å². The zero-order chi connectivity index (χ0) is 27.4. The third-order valence-corrected chi connectivity index (χ3v) is 7.52. The summed E-state index contributed by atoms with van der Waals surface area (Å²) >= 11 is 19.0. The van der Waals surface area contributed by atoms with Crippen LogP contribution in [0.15, 0.2) is 65.6 Å². The van der Waals surface area contributed by atoms with E-state index >= 15 is 0 Å². The first-order valence-corrected chi connectivity index (χ1v) is 13.2. The summed E-state index contributed by atoms with van der Waals surface area (Å²) in [4.78, 5) is 38.6. The summed E-state index contributed by atoms with van der Waals surface area (Å²) < 4.78 is 5.53. The van der Waals surface area contributed by atoms with E-state index in [1.165, 1.54) is 30.2 Å². The van der Waals surface area contributed by atoms with E-state index in [9.17, 15) is 14.4 Å². The highest BCUT2D eigenvalue weighted by Gasteiger charge is 2.32. The fraction of sp³-hybridized carbons (Fsp3) is 0.111. The molecule has 0 bridgehead atoms. The Morgan fingerprint density at radius 3 is 2.66 bits per heavy atom. The average molecular weight is 588 g/mol. The molecule has 3 aromatic rings. The zero-order valence-electron chi connectivity index (χ0n) is 19.9. The van der Waals surface area contributed by atoms with Crippen LogP contribution >= 0.6 is 47.2 Å². The molecule has 0 aromatic heterocycles. The Morgan fingerprint density at radius 2 is 1.92 bits per heavy atom. The second-order valence-electron chi connectivity index (χ2n) is 8.10. The van der Waals surface area contributed by atoms with Crippen LogP contribution in [0, 0.1) is 0 Å². The number of nitrogens with zero attached hydrogens (tertiary/aromatic N) is 1. The number of carbonyl (C=O) groups is 3. The number of benzene rings is 3. The van der Waals surface area contributed by atoms with Crippen LogP contribution in [0.2, 0.25) is 10.0 Å². The molecule has 1 fully saturated rings. The molecule has 0 unspecified atom stereocenters. The molecule has 0 saturated carbocycles. The number of halogens is 2. The molecule has 0 atom stereocenters. The van der Waals surface area contributed by atoms with Crippen LogP contribution in [0.3, 0.4) is 0 Å². The molecule has 1 aliphatic heterocycles. The van der Waals surface area contributed by atoms with E-state index in [1.807, 2.05) is 24.3 Å². The van der Waals surface area contributed by atoms with Gasteiger partial charge in [-0.15, -0.1) is 0 Å². The Kier molecular flexibility index (Phi) is 8.73. The molecule has 2 amide bonds. The summed E-state index contributed by atoms with van der Waals surface area (Å²) in [6, 6.07) is 16.9. The summed E-state index contributed by atoms with van der Waals surface area (Å²) in [5, 5.41) is 12.9. The molecule has 2 N–H and O–H groups in total. The average Bonchev–Trinajstić information content (AvgIpc) is 3.16. The number of amides is 2. The number of rotatable bonds is 8. The predicted molar refractivity (Wildman–Crippen MR) is 155 cm³/mol. The van der Waals surface area contributed by atoms with Crippen LogP contribution in [0.5, 0.6) is 5.75 Å². The van der Waals surface area contributed by atoms with Gasteiger partial charge in [-0.05, 0) is 59.7 Å². The SMILES string of the molecule is COc1cc(C(=O)O)ccc1NC(=O)CCN1C(=O)/C(=C/c2cccc(-c3cc(Cl)ccc3Cl)c2)SC1=S. The van der Waals surface area contributed by atoms with Gasteiger partial charge in [0.25, 0.3) is 5.91 Å². The van der Waals surface area contributed by atoms with Crippen molar-refractivity contribution in [1.29, 1.82) is 0 Å². The number of hydrogen-bond acceptors (Lipinski definition) is 6. The molecule has 0 aliphatic carbocycles. The molecule has 1 saturated heterocycles. The van der Waals surface area contributed by atoms with Gasteiger partial charge < -0.3 is 15.2 Å². The van der Waals surface area contributed by atoms with E-state index in [0.717, 1.165) is 28.5 Å². The highest BCUT2D eigenvalue weighted by molar-refractivity contribution is 8.26. The van der Waals surface area contributed by atoms with Crippen molar-refractivity contribution < 1.29 is 24.2 Å². The molecule has 38 heavy (non-hydrogen) atoms. The van der Waals surface area contributed by atoms with Gasteiger partial charge in [0.2, 0.25) is 5.91 Å². The summed E-state index contributed by atoms with van der Waals surface area (Å²) in [6.07, 6.45) is 1.72. The number of methoxy groups -OCH3 is 1. The topological polar surface area (TPSA) is 95.9 Å².